The predicted molar refractivity (Wildman–Crippen MR) is 96.9 cm³/mol. The van der Waals surface area contributed by atoms with E-state index in [-0.39, 0.29) is 22.1 Å². The van der Waals surface area contributed by atoms with E-state index in [0.29, 0.717) is 25.0 Å². The lowest BCUT2D eigenvalue weighted by molar-refractivity contribution is -0.137. The second kappa shape index (κ2) is 7.49. The molecule has 2 aromatic carbocycles. The van der Waals surface area contributed by atoms with Crippen LogP contribution >= 0.6 is 0 Å². The van der Waals surface area contributed by atoms with Crippen molar-refractivity contribution in [2.75, 3.05) is 12.3 Å². The van der Waals surface area contributed by atoms with Gasteiger partial charge in [0.2, 0.25) is 10.0 Å². The molecule has 0 aromatic heterocycles. The third kappa shape index (κ3) is 4.23. The van der Waals surface area contributed by atoms with Crippen molar-refractivity contribution in [1.29, 1.82) is 0 Å². The van der Waals surface area contributed by atoms with Crippen LogP contribution in [0.25, 0.3) is 0 Å². The second-order valence-corrected chi connectivity index (χ2v) is 10.5. The summed E-state index contributed by atoms with van der Waals surface area (Å²) in [5.74, 6) is -0.378. The highest BCUT2D eigenvalue weighted by Crippen LogP contribution is 2.32. The molecule has 10 heteroatoms. The van der Waals surface area contributed by atoms with Crippen LogP contribution in [0.4, 0.5) is 13.2 Å². The van der Waals surface area contributed by atoms with E-state index in [1.807, 2.05) is 0 Å². The second-order valence-electron chi connectivity index (χ2n) is 6.53. The number of alkyl halides is 3. The van der Waals surface area contributed by atoms with Crippen molar-refractivity contribution >= 4 is 19.9 Å². The van der Waals surface area contributed by atoms with E-state index in [1.54, 1.807) is 18.2 Å². The van der Waals surface area contributed by atoms with Crippen molar-refractivity contribution in [3.63, 3.8) is 0 Å². The summed E-state index contributed by atoms with van der Waals surface area (Å²) in [6, 6.07) is 10.2. The van der Waals surface area contributed by atoms with Gasteiger partial charge in [-0.05, 0) is 49.2 Å². The zero-order valence-corrected chi connectivity index (χ0v) is 16.3. The van der Waals surface area contributed by atoms with Crippen LogP contribution in [0.1, 0.15) is 18.4 Å². The summed E-state index contributed by atoms with van der Waals surface area (Å²) >= 11 is 0. The molecule has 1 aliphatic heterocycles. The third-order valence-corrected chi connectivity index (χ3v) is 8.41. The molecule has 1 unspecified atom stereocenters. The zero-order valence-electron chi connectivity index (χ0n) is 14.6. The van der Waals surface area contributed by atoms with E-state index < -0.39 is 37.6 Å². The fraction of sp³-hybridized carbons (Fsp3) is 0.333. The molecule has 1 aliphatic rings. The molecule has 5 nitrogen and oxygen atoms in total. The summed E-state index contributed by atoms with van der Waals surface area (Å²) in [6.07, 6.45) is -3.72. The van der Waals surface area contributed by atoms with Crippen LogP contribution in [-0.4, -0.2) is 39.5 Å². The molecule has 0 bridgehead atoms. The average Bonchev–Trinajstić information content (AvgIpc) is 3.10. The first-order chi connectivity index (χ1) is 13.0. The van der Waals surface area contributed by atoms with Gasteiger partial charge in [0.15, 0.2) is 9.84 Å². The van der Waals surface area contributed by atoms with Crippen molar-refractivity contribution in [3.8, 4) is 0 Å². The minimum absolute atomic E-state index is 0.105. The van der Waals surface area contributed by atoms with Gasteiger partial charge in [-0.3, -0.25) is 0 Å². The molecule has 2 aromatic rings. The standard InChI is InChI=1S/C18H18F3NO4S2/c19-18(20,21)14-8-10-17(11-9-14)28(25,26)22-12-4-5-15(22)13-27(23,24)16-6-2-1-3-7-16/h1-3,6-11,15H,4-5,12-13H2. The Kier molecular flexibility index (Phi) is 5.57. The fourth-order valence-corrected chi connectivity index (χ4v) is 6.63. The maximum absolute atomic E-state index is 12.9. The average molecular weight is 433 g/mol. The minimum atomic E-state index is -4.57. The first-order valence-electron chi connectivity index (χ1n) is 8.49. The molecular formula is C18H18F3NO4S2. The van der Waals surface area contributed by atoms with Gasteiger partial charge in [-0.25, -0.2) is 16.8 Å². The zero-order chi connectivity index (χ0) is 20.6. The lowest BCUT2D eigenvalue weighted by Crippen LogP contribution is -2.39. The normalized spacial score (nSPS) is 19.0. The molecule has 1 saturated heterocycles. The Morgan fingerprint density at radius 3 is 2.07 bits per heavy atom. The Labute approximate surface area is 161 Å². The molecule has 0 radical (unpaired) electrons. The lowest BCUT2D eigenvalue weighted by atomic mass is 10.2. The first-order valence-corrected chi connectivity index (χ1v) is 11.6. The van der Waals surface area contributed by atoms with Crippen LogP contribution in [0.3, 0.4) is 0 Å². The van der Waals surface area contributed by atoms with Crippen LogP contribution in [-0.2, 0) is 26.0 Å². The largest absolute Gasteiger partial charge is 0.416 e. The third-order valence-electron chi connectivity index (χ3n) is 4.63. The molecule has 1 fully saturated rings. The van der Waals surface area contributed by atoms with Gasteiger partial charge in [-0.2, -0.15) is 17.5 Å². The van der Waals surface area contributed by atoms with Crippen LogP contribution < -0.4 is 0 Å². The smallest absolute Gasteiger partial charge is 0.224 e. The summed E-state index contributed by atoms with van der Waals surface area (Å²) in [7, 11) is -7.80. The molecule has 0 aliphatic carbocycles. The van der Waals surface area contributed by atoms with E-state index in [4.69, 9.17) is 0 Å². The van der Waals surface area contributed by atoms with Crippen LogP contribution in [0.15, 0.2) is 64.4 Å². The number of sulfonamides is 1. The fourth-order valence-electron chi connectivity index (χ4n) is 3.22. The highest BCUT2D eigenvalue weighted by molar-refractivity contribution is 7.91. The summed E-state index contributed by atoms with van der Waals surface area (Å²) < 4.78 is 90.1. The number of benzene rings is 2. The highest BCUT2D eigenvalue weighted by Gasteiger charge is 2.38. The van der Waals surface area contributed by atoms with Crippen molar-refractivity contribution < 1.29 is 30.0 Å². The SMILES string of the molecule is O=S(=O)(CC1CCCN1S(=O)(=O)c1ccc(C(F)(F)F)cc1)c1ccccc1. The van der Waals surface area contributed by atoms with Gasteiger partial charge in [-0.15, -0.1) is 0 Å². The number of halogens is 3. The van der Waals surface area contributed by atoms with Crippen molar-refractivity contribution in [1.82, 2.24) is 4.31 Å². The number of hydrogen-bond donors (Lipinski definition) is 0. The topological polar surface area (TPSA) is 71.5 Å². The lowest BCUT2D eigenvalue weighted by Gasteiger charge is -2.24. The Bertz CT molecular complexity index is 1030. The highest BCUT2D eigenvalue weighted by atomic mass is 32.2. The van der Waals surface area contributed by atoms with Gasteiger partial charge in [0.25, 0.3) is 0 Å². The monoisotopic (exact) mass is 433 g/mol. The van der Waals surface area contributed by atoms with Crippen LogP contribution in [0.5, 0.6) is 0 Å². The van der Waals surface area contributed by atoms with Gasteiger partial charge in [0.1, 0.15) is 0 Å². The Morgan fingerprint density at radius 1 is 0.893 bits per heavy atom. The van der Waals surface area contributed by atoms with Crippen molar-refractivity contribution in [3.05, 3.63) is 60.2 Å². The number of hydrogen-bond acceptors (Lipinski definition) is 4. The molecular weight excluding hydrogens is 415 g/mol. The van der Waals surface area contributed by atoms with Gasteiger partial charge in [-0.1, -0.05) is 18.2 Å². The first kappa shape index (κ1) is 20.8. The minimum Gasteiger partial charge on any atom is -0.224 e. The summed E-state index contributed by atoms with van der Waals surface area (Å²) in [4.78, 5) is -0.182. The summed E-state index contributed by atoms with van der Waals surface area (Å²) in [6.45, 7) is 0.123. The molecule has 28 heavy (non-hydrogen) atoms. The number of nitrogens with zero attached hydrogens (tertiary/aromatic N) is 1. The Hall–Kier alpha value is -1.91. The van der Waals surface area contributed by atoms with E-state index in [2.05, 4.69) is 0 Å². The van der Waals surface area contributed by atoms with E-state index in [1.165, 1.54) is 12.1 Å². The maximum atomic E-state index is 12.9. The Morgan fingerprint density at radius 2 is 1.50 bits per heavy atom. The maximum Gasteiger partial charge on any atom is 0.416 e. The molecule has 0 saturated carbocycles. The van der Waals surface area contributed by atoms with E-state index >= 15 is 0 Å². The van der Waals surface area contributed by atoms with Crippen LogP contribution in [0, 0.1) is 0 Å². The molecule has 1 atom stereocenters. The molecule has 0 amide bonds. The Balaban J connectivity index is 1.85. The van der Waals surface area contributed by atoms with Crippen molar-refractivity contribution in [2.45, 2.75) is 34.9 Å². The van der Waals surface area contributed by atoms with Crippen LogP contribution in [0.2, 0.25) is 0 Å². The number of rotatable bonds is 5. The molecule has 152 valence electrons. The van der Waals surface area contributed by atoms with Gasteiger partial charge in [0.05, 0.1) is 21.1 Å². The quantitative estimate of drug-likeness (QED) is 0.725. The van der Waals surface area contributed by atoms with E-state index in [9.17, 15) is 30.0 Å². The molecule has 0 spiro atoms. The van der Waals surface area contributed by atoms with Gasteiger partial charge < -0.3 is 0 Å². The summed E-state index contributed by atoms with van der Waals surface area (Å²) in [5.41, 5.74) is -0.948. The summed E-state index contributed by atoms with van der Waals surface area (Å²) in [5, 5.41) is 0. The molecule has 3 rings (SSSR count). The van der Waals surface area contributed by atoms with Gasteiger partial charge >= 0.3 is 6.18 Å². The molecule has 1 heterocycles. The predicted octanol–water partition coefficient (Wildman–Crippen LogP) is 3.33. The van der Waals surface area contributed by atoms with Crippen molar-refractivity contribution in [2.24, 2.45) is 0 Å². The van der Waals surface area contributed by atoms with E-state index in [0.717, 1.165) is 16.4 Å². The van der Waals surface area contributed by atoms with Gasteiger partial charge in [0, 0.05) is 12.6 Å². The number of sulfone groups is 1. The molecule has 0 N–H and O–H groups in total.